The number of hydrogen-bond donors (Lipinski definition) is 1. The van der Waals surface area contributed by atoms with Gasteiger partial charge in [0.1, 0.15) is 0 Å². The second-order valence-corrected chi connectivity index (χ2v) is 3.52. The lowest BCUT2D eigenvalue weighted by Gasteiger charge is -2.08. The Morgan fingerprint density at radius 1 is 1.22 bits per heavy atom. The largest absolute Gasteiger partial charge is 0.493 e. The third kappa shape index (κ3) is 1.75. The van der Waals surface area contributed by atoms with E-state index in [0.29, 0.717) is 16.9 Å². The van der Waals surface area contributed by atoms with Gasteiger partial charge in [0.2, 0.25) is 0 Å². The van der Waals surface area contributed by atoms with Crippen LogP contribution in [-0.2, 0) is 0 Å². The molecule has 1 aromatic heterocycles. The highest BCUT2D eigenvalue weighted by atomic mass is 16.6. The number of fused-ring (bicyclic) bond motifs is 1. The number of rotatable bonds is 3. The highest BCUT2D eigenvalue weighted by Gasteiger charge is 2.19. The van der Waals surface area contributed by atoms with Crippen molar-refractivity contribution in [1.29, 1.82) is 0 Å². The summed E-state index contributed by atoms with van der Waals surface area (Å²) in [6.45, 7) is 0. The van der Waals surface area contributed by atoms with Gasteiger partial charge in [-0.05, 0) is 12.1 Å². The Kier molecular flexibility index (Phi) is 2.88. The van der Waals surface area contributed by atoms with Crippen molar-refractivity contribution in [2.24, 2.45) is 0 Å². The van der Waals surface area contributed by atoms with Crippen molar-refractivity contribution in [2.45, 2.75) is 0 Å². The molecule has 0 amide bonds. The van der Waals surface area contributed by atoms with Crippen LogP contribution in [0.15, 0.2) is 23.1 Å². The molecule has 1 aromatic carbocycles. The van der Waals surface area contributed by atoms with Crippen molar-refractivity contribution in [2.75, 3.05) is 14.2 Å². The lowest BCUT2D eigenvalue weighted by Crippen LogP contribution is -2.11. The summed E-state index contributed by atoms with van der Waals surface area (Å²) in [6.07, 6.45) is 1.40. The fraction of sp³-hybridized carbons (Fsp3) is 0.182. The van der Waals surface area contributed by atoms with Crippen molar-refractivity contribution >= 4 is 16.5 Å². The second kappa shape index (κ2) is 4.36. The first kappa shape index (κ1) is 11.9. The molecule has 0 aliphatic rings. The van der Waals surface area contributed by atoms with E-state index in [1.807, 2.05) is 0 Å². The van der Waals surface area contributed by atoms with E-state index in [1.165, 1.54) is 26.5 Å². The molecular weight excluding hydrogens is 240 g/mol. The van der Waals surface area contributed by atoms with Crippen molar-refractivity contribution < 1.29 is 14.4 Å². The smallest absolute Gasteiger partial charge is 0.341 e. The van der Waals surface area contributed by atoms with Crippen LogP contribution in [0.2, 0.25) is 0 Å². The molecule has 2 rings (SSSR count). The summed E-state index contributed by atoms with van der Waals surface area (Å²) in [5.74, 6) is 0.769. The zero-order valence-electron chi connectivity index (χ0n) is 9.72. The highest BCUT2D eigenvalue weighted by molar-refractivity contribution is 5.92. The number of benzene rings is 1. The number of nitrogens with zero attached hydrogens (tertiary/aromatic N) is 1. The van der Waals surface area contributed by atoms with Gasteiger partial charge < -0.3 is 14.5 Å². The van der Waals surface area contributed by atoms with Crippen LogP contribution in [0.1, 0.15) is 0 Å². The average molecular weight is 250 g/mol. The fourth-order valence-electron chi connectivity index (χ4n) is 1.73. The Labute approximate surface area is 101 Å². The number of nitro groups is 1. The van der Waals surface area contributed by atoms with Crippen LogP contribution in [0.25, 0.3) is 10.8 Å². The molecular formula is C11H10N2O5. The number of pyridine rings is 1. The summed E-state index contributed by atoms with van der Waals surface area (Å²) in [7, 11) is 2.88. The van der Waals surface area contributed by atoms with E-state index in [0.717, 1.165) is 0 Å². The Morgan fingerprint density at radius 2 is 1.83 bits per heavy atom. The third-order valence-corrected chi connectivity index (χ3v) is 2.57. The molecule has 0 aliphatic carbocycles. The molecule has 0 radical (unpaired) electrons. The topological polar surface area (TPSA) is 94.5 Å². The van der Waals surface area contributed by atoms with E-state index in [2.05, 4.69) is 4.98 Å². The molecule has 0 atom stereocenters. The van der Waals surface area contributed by atoms with E-state index >= 15 is 0 Å². The van der Waals surface area contributed by atoms with Gasteiger partial charge >= 0.3 is 11.2 Å². The molecule has 94 valence electrons. The van der Waals surface area contributed by atoms with Crippen LogP contribution < -0.4 is 15.0 Å². The van der Waals surface area contributed by atoms with Gasteiger partial charge in [0.15, 0.2) is 11.5 Å². The van der Waals surface area contributed by atoms with Crippen LogP contribution in [0.3, 0.4) is 0 Å². The maximum absolute atomic E-state index is 11.5. The molecule has 0 fully saturated rings. The number of aromatic amines is 1. The summed E-state index contributed by atoms with van der Waals surface area (Å²) in [6, 6.07) is 2.98. The second-order valence-electron chi connectivity index (χ2n) is 3.52. The number of aromatic nitrogens is 1. The van der Waals surface area contributed by atoms with E-state index in [9.17, 15) is 14.9 Å². The lowest BCUT2D eigenvalue weighted by molar-refractivity contribution is -0.384. The van der Waals surface area contributed by atoms with E-state index in [1.54, 1.807) is 6.07 Å². The normalized spacial score (nSPS) is 10.3. The fourth-order valence-corrected chi connectivity index (χ4v) is 1.73. The molecule has 0 aliphatic heterocycles. The number of ether oxygens (including phenoxy) is 2. The van der Waals surface area contributed by atoms with Crippen LogP contribution in [0.4, 0.5) is 5.69 Å². The first-order chi connectivity index (χ1) is 8.58. The van der Waals surface area contributed by atoms with Crippen LogP contribution in [0, 0.1) is 10.1 Å². The zero-order valence-corrected chi connectivity index (χ0v) is 9.72. The molecule has 2 aromatic rings. The molecule has 0 unspecified atom stereocenters. The van der Waals surface area contributed by atoms with Gasteiger partial charge in [-0.3, -0.25) is 14.9 Å². The summed E-state index contributed by atoms with van der Waals surface area (Å²) in [5, 5.41) is 11.6. The van der Waals surface area contributed by atoms with Gasteiger partial charge in [-0.15, -0.1) is 0 Å². The molecule has 0 spiro atoms. The maximum atomic E-state index is 11.5. The quantitative estimate of drug-likeness (QED) is 0.657. The Bertz CT molecular complexity index is 677. The summed E-state index contributed by atoms with van der Waals surface area (Å²) >= 11 is 0. The number of hydrogen-bond acceptors (Lipinski definition) is 5. The molecule has 0 saturated heterocycles. The zero-order chi connectivity index (χ0) is 13.3. The molecule has 18 heavy (non-hydrogen) atoms. The number of H-pyrrole nitrogens is 1. The predicted octanol–water partition coefficient (Wildman–Crippen LogP) is 1.45. The molecule has 1 heterocycles. The van der Waals surface area contributed by atoms with E-state index in [-0.39, 0.29) is 5.39 Å². The molecule has 1 N–H and O–H groups in total. The monoisotopic (exact) mass is 250 g/mol. The summed E-state index contributed by atoms with van der Waals surface area (Å²) < 4.78 is 10.1. The van der Waals surface area contributed by atoms with Gasteiger partial charge in [-0.1, -0.05) is 0 Å². The Morgan fingerprint density at radius 3 is 2.39 bits per heavy atom. The lowest BCUT2D eigenvalue weighted by atomic mass is 10.1. The van der Waals surface area contributed by atoms with Gasteiger partial charge in [0, 0.05) is 11.6 Å². The number of nitrogens with one attached hydrogen (secondary N) is 1. The maximum Gasteiger partial charge on any atom is 0.341 e. The Balaban J connectivity index is 2.89. The predicted molar refractivity (Wildman–Crippen MR) is 64.3 cm³/mol. The molecule has 0 bridgehead atoms. The van der Waals surface area contributed by atoms with Gasteiger partial charge in [0.25, 0.3) is 0 Å². The molecule has 7 heteroatoms. The minimum Gasteiger partial charge on any atom is -0.493 e. The van der Waals surface area contributed by atoms with Crippen LogP contribution in [-0.4, -0.2) is 24.1 Å². The minimum absolute atomic E-state index is 0.210. The van der Waals surface area contributed by atoms with Crippen molar-refractivity contribution in [3.05, 3.63) is 38.8 Å². The molecule has 7 nitrogen and oxygen atoms in total. The van der Waals surface area contributed by atoms with Crippen LogP contribution >= 0.6 is 0 Å². The standard InChI is InChI=1S/C11H10N2O5/c1-17-8-3-6-5-12-11(14)10(13(15)16)7(6)4-9(8)18-2/h3-5H,1-2H3,(H,12,14). The Hall–Kier alpha value is -2.57. The van der Waals surface area contributed by atoms with Gasteiger partial charge in [-0.25, -0.2) is 0 Å². The molecule has 0 saturated carbocycles. The van der Waals surface area contributed by atoms with Crippen LogP contribution in [0.5, 0.6) is 11.5 Å². The third-order valence-electron chi connectivity index (χ3n) is 2.57. The summed E-state index contributed by atoms with van der Waals surface area (Å²) in [5.41, 5.74) is -1.26. The van der Waals surface area contributed by atoms with Gasteiger partial charge in [0.05, 0.1) is 24.5 Å². The van der Waals surface area contributed by atoms with Crippen molar-refractivity contribution in [3.63, 3.8) is 0 Å². The van der Waals surface area contributed by atoms with E-state index < -0.39 is 16.2 Å². The minimum atomic E-state index is -0.750. The van der Waals surface area contributed by atoms with E-state index in [4.69, 9.17) is 9.47 Å². The first-order valence-corrected chi connectivity index (χ1v) is 5.00. The first-order valence-electron chi connectivity index (χ1n) is 5.00. The van der Waals surface area contributed by atoms with Crippen molar-refractivity contribution in [3.8, 4) is 11.5 Å². The summed E-state index contributed by atoms with van der Waals surface area (Å²) in [4.78, 5) is 24.0. The highest BCUT2D eigenvalue weighted by Crippen LogP contribution is 2.34. The average Bonchev–Trinajstić information content (AvgIpc) is 2.36. The number of methoxy groups -OCH3 is 2. The SMILES string of the molecule is COc1cc2c[nH]c(=O)c([N+](=O)[O-])c2cc1OC. The van der Waals surface area contributed by atoms with Crippen molar-refractivity contribution in [1.82, 2.24) is 4.98 Å². The van der Waals surface area contributed by atoms with Gasteiger partial charge in [-0.2, -0.15) is 0 Å².